The summed E-state index contributed by atoms with van der Waals surface area (Å²) in [6, 6.07) is -0.493. The maximum absolute atomic E-state index is 12.6. The number of hydrogen-bond acceptors (Lipinski definition) is 5. The summed E-state index contributed by atoms with van der Waals surface area (Å²) in [5.74, 6) is -1.79. The standard InChI is InChI=1S/C19H38N2O5/c1-13(2)10-8-6-7-9-11-14(16(23)18(25)21-26)17(24)20-15(12-22)19(3,4)5/h13-16,22-23,26H,6-12H2,1-5H3,(H,20,24)(H,21,25). The van der Waals surface area contributed by atoms with Crippen LogP contribution in [0, 0.1) is 17.3 Å². The number of aliphatic hydroxyl groups excluding tert-OH is 2. The van der Waals surface area contributed by atoms with Crippen LogP contribution in [0.2, 0.25) is 0 Å². The van der Waals surface area contributed by atoms with Crippen LogP contribution >= 0.6 is 0 Å². The van der Waals surface area contributed by atoms with Crippen LogP contribution in [0.1, 0.15) is 73.1 Å². The monoisotopic (exact) mass is 374 g/mol. The average molecular weight is 375 g/mol. The van der Waals surface area contributed by atoms with Gasteiger partial charge >= 0.3 is 0 Å². The van der Waals surface area contributed by atoms with Crippen molar-refractivity contribution >= 4 is 11.8 Å². The Bertz CT molecular complexity index is 421. The molecule has 0 spiro atoms. The lowest BCUT2D eigenvalue weighted by atomic mass is 9.86. The van der Waals surface area contributed by atoms with Crippen molar-refractivity contribution in [2.24, 2.45) is 17.3 Å². The van der Waals surface area contributed by atoms with Crippen LogP contribution in [-0.2, 0) is 9.59 Å². The first-order valence-electron chi connectivity index (χ1n) is 9.57. The molecule has 7 heteroatoms. The summed E-state index contributed by atoms with van der Waals surface area (Å²) in [5.41, 5.74) is 1.04. The van der Waals surface area contributed by atoms with Gasteiger partial charge in [0.25, 0.3) is 5.91 Å². The highest BCUT2D eigenvalue weighted by Gasteiger charge is 2.34. The largest absolute Gasteiger partial charge is 0.394 e. The Morgan fingerprint density at radius 3 is 1.92 bits per heavy atom. The second-order valence-corrected chi connectivity index (χ2v) is 8.52. The topological polar surface area (TPSA) is 119 Å². The Hall–Kier alpha value is -1.18. The zero-order valence-corrected chi connectivity index (χ0v) is 16.9. The fourth-order valence-electron chi connectivity index (χ4n) is 2.77. The minimum Gasteiger partial charge on any atom is -0.394 e. The van der Waals surface area contributed by atoms with E-state index in [0.29, 0.717) is 18.8 Å². The van der Waals surface area contributed by atoms with E-state index in [9.17, 15) is 19.8 Å². The third kappa shape index (κ3) is 9.50. The van der Waals surface area contributed by atoms with Crippen molar-refractivity contribution in [3.8, 4) is 0 Å². The van der Waals surface area contributed by atoms with Crippen LogP contribution in [0.25, 0.3) is 0 Å². The van der Waals surface area contributed by atoms with Crippen molar-refractivity contribution in [3.63, 3.8) is 0 Å². The molecule has 0 rings (SSSR count). The van der Waals surface area contributed by atoms with Crippen molar-refractivity contribution in [3.05, 3.63) is 0 Å². The molecule has 26 heavy (non-hydrogen) atoms. The number of aliphatic hydroxyl groups is 2. The van der Waals surface area contributed by atoms with E-state index in [2.05, 4.69) is 19.2 Å². The highest BCUT2D eigenvalue weighted by Crippen LogP contribution is 2.22. The Balaban J connectivity index is 4.79. The summed E-state index contributed by atoms with van der Waals surface area (Å²) in [5, 5.41) is 31.1. The number of unbranched alkanes of at least 4 members (excludes halogenated alkanes) is 3. The number of rotatable bonds is 12. The molecule has 0 bridgehead atoms. The van der Waals surface area contributed by atoms with Gasteiger partial charge in [-0.1, -0.05) is 66.7 Å². The number of hydrogen-bond donors (Lipinski definition) is 5. The molecule has 0 aromatic heterocycles. The van der Waals surface area contributed by atoms with Crippen LogP contribution < -0.4 is 10.8 Å². The van der Waals surface area contributed by atoms with E-state index < -0.39 is 29.9 Å². The van der Waals surface area contributed by atoms with Gasteiger partial charge in [0, 0.05) is 0 Å². The maximum atomic E-state index is 12.6. The van der Waals surface area contributed by atoms with Crippen LogP contribution in [0.5, 0.6) is 0 Å². The quantitative estimate of drug-likeness (QED) is 0.203. The van der Waals surface area contributed by atoms with E-state index in [0.717, 1.165) is 25.7 Å². The van der Waals surface area contributed by atoms with E-state index >= 15 is 0 Å². The van der Waals surface area contributed by atoms with Gasteiger partial charge in [-0.3, -0.25) is 14.8 Å². The molecule has 0 saturated heterocycles. The van der Waals surface area contributed by atoms with E-state index in [1.165, 1.54) is 5.48 Å². The van der Waals surface area contributed by atoms with Gasteiger partial charge in [-0.2, -0.15) is 0 Å². The second kappa shape index (κ2) is 12.3. The zero-order chi connectivity index (χ0) is 20.3. The molecular weight excluding hydrogens is 336 g/mol. The van der Waals surface area contributed by atoms with Crippen LogP contribution in [-0.4, -0.2) is 46.0 Å². The number of hydroxylamine groups is 1. The predicted molar refractivity (Wildman–Crippen MR) is 100 cm³/mol. The highest BCUT2D eigenvalue weighted by molar-refractivity contribution is 5.88. The molecule has 0 aliphatic rings. The Morgan fingerprint density at radius 1 is 0.962 bits per heavy atom. The van der Waals surface area contributed by atoms with E-state index in [4.69, 9.17) is 5.21 Å². The van der Waals surface area contributed by atoms with Crippen LogP contribution in [0.15, 0.2) is 0 Å². The Labute approximate surface area is 157 Å². The molecule has 0 fully saturated rings. The van der Waals surface area contributed by atoms with E-state index in [-0.39, 0.29) is 12.0 Å². The zero-order valence-electron chi connectivity index (χ0n) is 16.9. The normalized spacial score (nSPS) is 15.4. The Kier molecular flexibility index (Phi) is 11.7. The van der Waals surface area contributed by atoms with Gasteiger partial charge in [0.1, 0.15) is 6.10 Å². The lowest BCUT2D eigenvalue weighted by Crippen LogP contribution is -2.52. The third-order valence-corrected chi connectivity index (χ3v) is 4.69. The fourth-order valence-corrected chi connectivity index (χ4v) is 2.77. The molecule has 2 amide bonds. The lowest BCUT2D eigenvalue weighted by Gasteiger charge is -2.32. The fraction of sp³-hybridized carbons (Fsp3) is 0.895. The number of nitrogens with one attached hydrogen (secondary N) is 2. The predicted octanol–water partition coefficient (Wildman–Crippen LogP) is 1.99. The van der Waals surface area contributed by atoms with E-state index in [1.807, 2.05) is 20.8 Å². The molecule has 3 atom stereocenters. The van der Waals surface area contributed by atoms with Gasteiger partial charge in [0.15, 0.2) is 0 Å². The minimum absolute atomic E-state index is 0.237. The maximum Gasteiger partial charge on any atom is 0.272 e. The van der Waals surface area contributed by atoms with Crippen LogP contribution in [0.3, 0.4) is 0 Å². The summed E-state index contributed by atoms with van der Waals surface area (Å²) in [6.45, 7) is 9.77. The molecule has 5 N–H and O–H groups in total. The Morgan fingerprint density at radius 2 is 1.50 bits per heavy atom. The molecule has 154 valence electrons. The van der Waals surface area contributed by atoms with Gasteiger partial charge in [0.2, 0.25) is 5.91 Å². The first kappa shape index (κ1) is 24.8. The van der Waals surface area contributed by atoms with Crippen molar-refractivity contribution in [1.29, 1.82) is 0 Å². The van der Waals surface area contributed by atoms with Gasteiger partial charge in [-0.25, -0.2) is 5.48 Å². The first-order chi connectivity index (χ1) is 12.0. The molecule has 0 heterocycles. The number of carbonyl (C=O) groups is 2. The van der Waals surface area contributed by atoms with E-state index in [1.54, 1.807) is 0 Å². The molecule has 0 aromatic rings. The minimum atomic E-state index is -1.63. The third-order valence-electron chi connectivity index (χ3n) is 4.69. The highest BCUT2D eigenvalue weighted by atomic mass is 16.5. The van der Waals surface area contributed by atoms with Crippen molar-refractivity contribution in [2.75, 3.05) is 6.61 Å². The van der Waals surface area contributed by atoms with Gasteiger partial charge in [-0.05, 0) is 17.8 Å². The smallest absolute Gasteiger partial charge is 0.272 e. The SMILES string of the molecule is CC(C)CCCCCCC(C(=O)NC(CO)C(C)(C)C)C(O)C(=O)NO. The van der Waals surface area contributed by atoms with Crippen molar-refractivity contribution in [1.82, 2.24) is 10.8 Å². The molecule has 0 aliphatic heterocycles. The molecule has 3 unspecified atom stereocenters. The molecule has 7 nitrogen and oxygen atoms in total. The molecule has 0 aromatic carbocycles. The average Bonchev–Trinajstić information content (AvgIpc) is 2.56. The molecule has 0 aliphatic carbocycles. The van der Waals surface area contributed by atoms with Gasteiger partial charge < -0.3 is 15.5 Å². The van der Waals surface area contributed by atoms with Gasteiger partial charge in [0.05, 0.1) is 18.6 Å². The first-order valence-corrected chi connectivity index (χ1v) is 9.57. The molecule has 0 radical (unpaired) electrons. The summed E-state index contributed by atoms with van der Waals surface area (Å²) in [7, 11) is 0. The molecular formula is C19H38N2O5. The lowest BCUT2D eigenvalue weighted by molar-refractivity contribution is -0.146. The number of amides is 2. The van der Waals surface area contributed by atoms with Crippen molar-refractivity contribution < 1.29 is 25.0 Å². The second-order valence-electron chi connectivity index (χ2n) is 8.52. The summed E-state index contributed by atoms with van der Waals surface area (Å²) in [4.78, 5) is 24.2. The summed E-state index contributed by atoms with van der Waals surface area (Å²) >= 11 is 0. The van der Waals surface area contributed by atoms with Gasteiger partial charge in [-0.15, -0.1) is 0 Å². The number of carbonyl (C=O) groups excluding carboxylic acids is 2. The van der Waals surface area contributed by atoms with Crippen LogP contribution in [0.4, 0.5) is 0 Å². The summed E-state index contributed by atoms with van der Waals surface area (Å²) < 4.78 is 0. The van der Waals surface area contributed by atoms with Crippen molar-refractivity contribution in [2.45, 2.75) is 85.3 Å². The summed E-state index contributed by atoms with van der Waals surface area (Å²) in [6.07, 6.45) is 3.63. The molecule has 0 saturated carbocycles.